The molecule has 0 saturated carbocycles. The summed E-state index contributed by atoms with van der Waals surface area (Å²) in [7, 11) is 1.57. The number of benzene rings is 1. The van der Waals surface area contributed by atoms with E-state index < -0.39 is 24.1 Å². The summed E-state index contributed by atoms with van der Waals surface area (Å²) < 4.78 is 5.14. The van der Waals surface area contributed by atoms with E-state index in [1.165, 1.54) is 0 Å². The van der Waals surface area contributed by atoms with E-state index in [9.17, 15) is 14.7 Å². The van der Waals surface area contributed by atoms with E-state index in [-0.39, 0.29) is 18.4 Å². The molecule has 0 heterocycles. The van der Waals surface area contributed by atoms with E-state index in [0.717, 1.165) is 5.56 Å². The number of ether oxygens (including phenoxy) is 1. The number of hydrogen-bond donors (Lipinski definition) is 4. The summed E-state index contributed by atoms with van der Waals surface area (Å²) in [5, 5.41) is 15.6. The number of carbonyl (C=O) groups is 2. The van der Waals surface area contributed by atoms with Gasteiger partial charge in [0.15, 0.2) is 6.10 Å². The SMILES string of the molecule is CCC(NC(=O)[C@@H](N)CC(C)C)C(O)C(=O)NCc1cccc(OC)c1. The largest absolute Gasteiger partial charge is 0.497 e. The molecule has 1 aromatic rings. The lowest BCUT2D eigenvalue weighted by molar-refractivity contribution is -0.132. The second-order valence-electron chi connectivity index (χ2n) is 6.77. The molecule has 0 aliphatic rings. The summed E-state index contributed by atoms with van der Waals surface area (Å²) >= 11 is 0. The van der Waals surface area contributed by atoms with Crippen molar-refractivity contribution in [3.63, 3.8) is 0 Å². The first-order valence-electron chi connectivity index (χ1n) is 8.93. The van der Waals surface area contributed by atoms with Crippen LogP contribution >= 0.6 is 0 Å². The quantitative estimate of drug-likeness (QED) is 0.493. The van der Waals surface area contributed by atoms with Crippen LogP contribution in [0.25, 0.3) is 0 Å². The molecule has 1 rings (SSSR count). The first-order chi connectivity index (χ1) is 12.3. The molecule has 2 unspecified atom stereocenters. The molecule has 5 N–H and O–H groups in total. The summed E-state index contributed by atoms with van der Waals surface area (Å²) in [6, 6.07) is 5.93. The van der Waals surface area contributed by atoms with Crippen LogP contribution in [0.2, 0.25) is 0 Å². The molecule has 7 nitrogen and oxygen atoms in total. The van der Waals surface area contributed by atoms with Crippen LogP contribution in [0.4, 0.5) is 0 Å². The summed E-state index contributed by atoms with van der Waals surface area (Å²) in [5.41, 5.74) is 6.70. The first-order valence-corrected chi connectivity index (χ1v) is 8.93. The Hall–Kier alpha value is -2.12. The normalized spacial score (nSPS) is 14.4. The van der Waals surface area contributed by atoms with Gasteiger partial charge in [0, 0.05) is 6.54 Å². The van der Waals surface area contributed by atoms with Gasteiger partial charge in [-0.25, -0.2) is 0 Å². The Bertz CT molecular complexity index is 592. The highest BCUT2D eigenvalue weighted by Crippen LogP contribution is 2.12. The number of amides is 2. The van der Waals surface area contributed by atoms with Gasteiger partial charge in [-0.15, -0.1) is 0 Å². The monoisotopic (exact) mass is 365 g/mol. The molecule has 0 saturated heterocycles. The van der Waals surface area contributed by atoms with Crippen LogP contribution in [0.1, 0.15) is 39.2 Å². The van der Waals surface area contributed by atoms with Crippen LogP contribution < -0.4 is 21.1 Å². The summed E-state index contributed by atoms with van der Waals surface area (Å²) in [6.07, 6.45) is -0.394. The van der Waals surface area contributed by atoms with Crippen molar-refractivity contribution in [3.05, 3.63) is 29.8 Å². The van der Waals surface area contributed by atoms with Gasteiger partial charge in [-0.1, -0.05) is 32.9 Å². The lowest BCUT2D eigenvalue weighted by Gasteiger charge is -2.24. The van der Waals surface area contributed by atoms with Gasteiger partial charge in [-0.2, -0.15) is 0 Å². The van der Waals surface area contributed by atoms with Crippen LogP contribution in [0.5, 0.6) is 5.75 Å². The topological polar surface area (TPSA) is 114 Å². The van der Waals surface area contributed by atoms with E-state index in [1.54, 1.807) is 20.1 Å². The van der Waals surface area contributed by atoms with Crippen molar-refractivity contribution in [1.82, 2.24) is 10.6 Å². The molecule has 0 fully saturated rings. The van der Waals surface area contributed by atoms with Crippen LogP contribution in [0, 0.1) is 5.92 Å². The molecule has 0 aliphatic carbocycles. The van der Waals surface area contributed by atoms with E-state index >= 15 is 0 Å². The molecule has 0 aliphatic heterocycles. The van der Waals surface area contributed by atoms with Crippen molar-refractivity contribution >= 4 is 11.8 Å². The fourth-order valence-corrected chi connectivity index (χ4v) is 2.57. The van der Waals surface area contributed by atoms with Gasteiger partial charge in [0.2, 0.25) is 5.91 Å². The van der Waals surface area contributed by atoms with Gasteiger partial charge in [0.25, 0.3) is 5.91 Å². The fourth-order valence-electron chi connectivity index (χ4n) is 2.57. The Morgan fingerprint density at radius 3 is 2.54 bits per heavy atom. The van der Waals surface area contributed by atoms with E-state index in [2.05, 4.69) is 10.6 Å². The van der Waals surface area contributed by atoms with Crippen LogP contribution in [-0.2, 0) is 16.1 Å². The Morgan fingerprint density at radius 1 is 1.27 bits per heavy atom. The zero-order valence-electron chi connectivity index (χ0n) is 16.0. The maximum absolute atomic E-state index is 12.2. The molecule has 146 valence electrons. The summed E-state index contributed by atoms with van der Waals surface area (Å²) in [6.45, 7) is 6.00. The van der Waals surface area contributed by atoms with Gasteiger partial charge in [0.05, 0.1) is 19.2 Å². The van der Waals surface area contributed by atoms with E-state index in [0.29, 0.717) is 18.6 Å². The van der Waals surface area contributed by atoms with Crippen LogP contribution in [-0.4, -0.2) is 42.2 Å². The lowest BCUT2D eigenvalue weighted by Crippen LogP contribution is -2.53. The molecule has 1 aromatic carbocycles. The zero-order chi connectivity index (χ0) is 19.7. The predicted molar refractivity (Wildman–Crippen MR) is 100 cm³/mol. The Kier molecular flexibility index (Phi) is 9.09. The molecule has 0 bridgehead atoms. The van der Waals surface area contributed by atoms with Crippen molar-refractivity contribution in [3.8, 4) is 5.75 Å². The number of aliphatic hydroxyl groups is 1. The number of nitrogens with one attached hydrogen (secondary N) is 2. The molecular weight excluding hydrogens is 334 g/mol. The Balaban J connectivity index is 2.59. The number of aliphatic hydroxyl groups excluding tert-OH is 1. The smallest absolute Gasteiger partial charge is 0.251 e. The first kappa shape index (κ1) is 21.9. The maximum atomic E-state index is 12.2. The second-order valence-corrected chi connectivity index (χ2v) is 6.77. The fraction of sp³-hybridized carbons (Fsp3) is 0.579. The van der Waals surface area contributed by atoms with Crippen molar-refractivity contribution in [1.29, 1.82) is 0 Å². The zero-order valence-corrected chi connectivity index (χ0v) is 16.0. The Labute approximate surface area is 155 Å². The van der Waals surface area contributed by atoms with Gasteiger partial charge in [0.1, 0.15) is 5.75 Å². The number of methoxy groups -OCH3 is 1. The molecule has 26 heavy (non-hydrogen) atoms. The summed E-state index contributed by atoms with van der Waals surface area (Å²) in [4.78, 5) is 24.4. The molecule has 0 spiro atoms. The van der Waals surface area contributed by atoms with E-state index in [1.807, 2.05) is 32.0 Å². The summed E-state index contributed by atoms with van der Waals surface area (Å²) in [5.74, 6) is 0.0737. The highest BCUT2D eigenvalue weighted by atomic mass is 16.5. The van der Waals surface area contributed by atoms with Crippen molar-refractivity contribution < 1.29 is 19.4 Å². The average molecular weight is 365 g/mol. The Morgan fingerprint density at radius 2 is 1.96 bits per heavy atom. The van der Waals surface area contributed by atoms with Gasteiger partial charge >= 0.3 is 0 Å². The van der Waals surface area contributed by atoms with Crippen molar-refractivity contribution in [2.75, 3.05) is 7.11 Å². The minimum absolute atomic E-state index is 0.254. The number of carbonyl (C=O) groups excluding carboxylic acids is 2. The highest BCUT2D eigenvalue weighted by molar-refractivity contribution is 5.85. The minimum Gasteiger partial charge on any atom is -0.497 e. The molecule has 2 amide bonds. The second kappa shape index (κ2) is 10.8. The van der Waals surface area contributed by atoms with Gasteiger partial charge < -0.3 is 26.2 Å². The van der Waals surface area contributed by atoms with Crippen molar-refractivity contribution in [2.45, 2.75) is 58.3 Å². The number of nitrogens with two attached hydrogens (primary N) is 1. The number of rotatable bonds is 10. The van der Waals surface area contributed by atoms with Crippen LogP contribution in [0.3, 0.4) is 0 Å². The third-order valence-electron chi connectivity index (χ3n) is 4.08. The third kappa shape index (κ3) is 7.01. The molecule has 0 aromatic heterocycles. The molecular formula is C19H31N3O4. The molecule has 7 heteroatoms. The van der Waals surface area contributed by atoms with Gasteiger partial charge in [-0.3, -0.25) is 9.59 Å². The average Bonchev–Trinajstić information content (AvgIpc) is 2.62. The standard InChI is InChI=1S/C19H31N3O4/c1-5-16(22-18(24)15(20)9-12(2)3)17(23)19(25)21-11-13-7-6-8-14(10-13)26-4/h6-8,10,12,15-17,23H,5,9,11,20H2,1-4H3,(H,21,25)(H,22,24)/t15-,16?,17?/m0/s1. The maximum Gasteiger partial charge on any atom is 0.251 e. The highest BCUT2D eigenvalue weighted by Gasteiger charge is 2.27. The predicted octanol–water partition coefficient (Wildman–Crippen LogP) is 0.941. The molecule has 0 radical (unpaired) electrons. The van der Waals surface area contributed by atoms with Crippen LogP contribution in [0.15, 0.2) is 24.3 Å². The third-order valence-corrected chi connectivity index (χ3v) is 4.08. The van der Waals surface area contributed by atoms with Crippen molar-refractivity contribution in [2.24, 2.45) is 11.7 Å². The molecule has 3 atom stereocenters. The lowest BCUT2D eigenvalue weighted by atomic mass is 10.0. The van der Waals surface area contributed by atoms with Gasteiger partial charge in [-0.05, 0) is 36.5 Å². The number of hydrogen-bond acceptors (Lipinski definition) is 5. The minimum atomic E-state index is -1.35. The van der Waals surface area contributed by atoms with E-state index in [4.69, 9.17) is 10.5 Å².